The Bertz CT molecular complexity index is 665. The summed E-state index contributed by atoms with van der Waals surface area (Å²) in [5.41, 5.74) is 1.85. The zero-order chi connectivity index (χ0) is 16.2. The Hall–Kier alpha value is -2.34. The number of pyridine rings is 1. The van der Waals surface area contributed by atoms with Crippen LogP contribution in [0.3, 0.4) is 0 Å². The van der Waals surface area contributed by atoms with E-state index in [9.17, 15) is 4.79 Å². The van der Waals surface area contributed by atoms with Crippen LogP contribution in [0.2, 0.25) is 0 Å². The van der Waals surface area contributed by atoms with E-state index in [1.165, 1.54) is 0 Å². The van der Waals surface area contributed by atoms with Crippen molar-refractivity contribution in [2.45, 2.75) is 19.0 Å². The molecule has 1 fully saturated rings. The van der Waals surface area contributed by atoms with Crippen molar-refractivity contribution in [3.8, 4) is 5.88 Å². The largest absolute Gasteiger partial charge is 0.481 e. The molecule has 0 radical (unpaired) electrons. The fourth-order valence-electron chi connectivity index (χ4n) is 2.93. The number of hydrogen-bond acceptors (Lipinski definition) is 4. The van der Waals surface area contributed by atoms with Gasteiger partial charge in [-0.1, -0.05) is 6.07 Å². The number of carbonyl (C=O) groups is 1. The Balaban J connectivity index is 1.52. The van der Waals surface area contributed by atoms with Crippen molar-refractivity contribution in [1.29, 1.82) is 0 Å². The van der Waals surface area contributed by atoms with E-state index in [1.807, 2.05) is 48.3 Å². The van der Waals surface area contributed by atoms with Gasteiger partial charge in [-0.25, -0.2) is 4.98 Å². The number of aryl methyl sites for hydroxylation is 1. The highest BCUT2D eigenvalue weighted by molar-refractivity contribution is 5.92. The molecule has 0 spiro atoms. The molecule has 1 amide bonds. The first-order chi connectivity index (χ1) is 11.2. The molecular weight excluding hydrogens is 292 g/mol. The first-order valence-electron chi connectivity index (χ1n) is 7.79. The van der Waals surface area contributed by atoms with Crippen LogP contribution in [-0.4, -0.2) is 46.6 Å². The molecule has 3 rings (SSSR count). The van der Waals surface area contributed by atoms with E-state index < -0.39 is 0 Å². The van der Waals surface area contributed by atoms with Gasteiger partial charge in [-0.15, -0.1) is 0 Å². The van der Waals surface area contributed by atoms with E-state index in [0.29, 0.717) is 11.6 Å². The summed E-state index contributed by atoms with van der Waals surface area (Å²) in [7, 11) is 3.50. The van der Waals surface area contributed by atoms with E-state index in [-0.39, 0.29) is 11.9 Å². The monoisotopic (exact) mass is 314 g/mol. The SMILES string of the molecule is COc1ccc(CN2CC[C@H](NC(=O)c3cccn3C)C2)cn1. The lowest BCUT2D eigenvalue weighted by Crippen LogP contribution is -2.37. The number of carbonyl (C=O) groups excluding carboxylic acids is 1. The minimum atomic E-state index is -0.00420. The van der Waals surface area contributed by atoms with Gasteiger partial charge >= 0.3 is 0 Å². The van der Waals surface area contributed by atoms with E-state index in [2.05, 4.69) is 15.2 Å². The molecule has 23 heavy (non-hydrogen) atoms. The summed E-state index contributed by atoms with van der Waals surface area (Å²) in [6.07, 6.45) is 4.70. The number of aromatic nitrogens is 2. The summed E-state index contributed by atoms with van der Waals surface area (Å²) in [5.74, 6) is 0.623. The third-order valence-electron chi connectivity index (χ3n) is 4.20. The Labute approximate surface area is 136 Å². The minimum absolute atomic E-state index is 0.00420. The average molecular weight is 314 g/mol. The molecule has 1 saturated heterocycles. The van der Waals surface area contributed by atoms with E-state index in [1.54, 1.807) is 7.11 Å². The normalized spacial score (nSPS) is 18.1. The number of nitrogens with one attached hydrogen (secondary N) is 1. The van der Waals surface area contributed by atoms with Crippen LogP contribution >= 0.6 is 0 Å². The van der Waals surface area contributed by atoms with Crippen LogP contribution in [0.25, 0.3) is 0 Å². The van der Waals surface area contributed by atoms with Gasteiger partial charge in [0.2, 0.25) is 5.88 Å². The molecule has 1 atom stereocenters. The van der Waals surface area contributed by atoms with Gasteiger partial charge in [-0.05, 0) is 24.1 Å². The van der Waals surface area contributed by atoms with Crippen LogP contribution in [-0.2, 0) is 13.6 Å². The summed E-state index contributed by atoms with van der Waals surface area (Å²) in [6.45, 7) is 2.68. The number of nitrogens with zero attached hydrogens (tertiary/aromatic N) is 3. The predicted octanol–water partition coefficient (Wildman–Crippen LogP) is 1.43. The van der Waals surface area contributed by atoms with Gasteiger partial charge in [-0.2, -0.15) is 0 Å². The molecule has 0 unspecified atom stereocenters. The third kappa shape index (κ3) is 3.71. The zero-order valence-electron chi connectivity index (χ0n) is 13.5. The van der Waals surface area contributed by atoms with Crippen LogP contribution in [0.4, 0.5) is 0 Å². The summed E-state index contributed by atoms with van der Waals surface area (Å²) in [6, 6.07) is 7.82. The fourth-order valence-corrected chi connectivity index (χ4v) is 2.93. The Morgan fingerprint density at radius 3 is 2.96 bits per heavy atom. The highest BCUT2D eigenvalue weighted by Crippen LogP contribution is 2.15. The first-order valence-corrected chi connectivity index (χ1v) is 7.79. The van der Waals surface area contributed by atoms with Crippen LogP contribution in [0.15, 0.2) is 36.7 Å². The molecule has 1 N–H and O–H groups in total. The van der Waals surface area contributed by atoms with Gasteiger partial charge in [-0.3, -0.25) is 9.69 Å². The van der Waals surface area contributed by atoms with Gasteiger partial charge < -0.3 is 14.6 Å². The van der Waals surface area contributed by atoms with Crippen LogP contribution in [0, 0.1) is 0 Å². The van der Waals surface area contributed by atoms with Crippen LogP contribution in [0.1, 0.15) is 22.5 Å². The van der Waals surface area contributed by atoms with Crippen molar-refractivity contribution >= 4 is 5.91 Å². The smallest absolute Gasteiger partial charge is 0.268 e. The number of ether oxygens (including phenoxy) is 1. The Morgan fingerprint density at radius 1 is 1.43 bits per heavy atom. The quantitative estimate of drug-likeness (QED) is 0.907. The fraction of sp³-hybridized carbons (Fsp3) is 0.412. The molecule has 2 aromatic rings. The number of likely N-dealkylation sites (tertiary alicyclic amines) is 1. The topological polar surface area (TPSA) is 59.4 Å². The van der Waals surface area contributed by atoms with E-state index in [0.717, 1.165) is 31.6 Å². The zero-order valence-corrected chi connectivity index (χ0v) is 13.5. The summed E-state index contributed by atoms with van der Waals surface area (Å²) < 4.78 is 6.91. The van der Waals surface area contributed by atoms with Crippen LogP contribution < -0.4 is 10.1 Å². The second-order valence-corrected chi connectivity index (χ2v) is 5.91. The van der Waals surface area contributed by atoms with E-state index in [4.69, 9.17) is 4.74 Å². The lowest BCUT2D eigenvalue weighted by molar-refractivity contribution is 0.0929. The van der Waals surface area contributed by atoms with Gasteiger partial charge in [0.05, 0.1) is 7.11 Å². The molecule has 0 aromatic carbocycles. The second kappa shape index (κ2) is 6.83. The summed E-state index contributed by atoms with van der Waals surface area (Å²) in [4.78, 5) is 18.8. The number of methoxy groups -OCH3 is 1. The highest BCUT2D eigenvalue weighted by Gasteiger charge is 2.24. The molecule has 0 bridgehead atoms. The molecule has 1 aliphatic heterocycles. The molecule has 6 nitrogen and oxygen atoms in total. The van der Waals surface area contributed by atoms with Gasteiger partial charge in [0, 0.05) is 51.2 Å². The van der Waals surface area contributed by atoms with Crippen LogP contribution in [0.5, 0.6) is 5.88 Å². The number of amides is 1. The first kappa shape index (κ1) is 15.6. The predicted molar refractivity (Wildman–Crippen MR) is 87.4 cm³/mol. The summed E-state index contributed by atoms with van der Waals surface area (Å²) >= 11 is 0. The van der Waals surface area contributed by atoms with Gasteiger partial charge in [0.25, 0.3) is 5.91 Å². The van der Waals surface area contributed by atoms with Crippen molar-refractivity contribution < 1.29 is 9.53 Å². The molecule has 122 valence electrons. The van der Waals surface area contributed by atoms with Crippen molar-refractivity contribution in [3.05, 3.63) is 47.9 Å². The van der Waals surface area contributed by atoms with Gasteiger partial charge in [0.15, 0.2) is 0 Å². The van der Waals surface area contributed by atoms with Crippen molar-refractivity contribution in [3.63, 3.8) is 0 Å². The van der Waals surface area contributed by atoms with Crippen molar-refractivity contribution in [2.75, 3.05) is 20.2 Å². The molecule has 0 saturated carbocycles. The average Bonchev–Trinajstić information content (AvgIpc) is 3.17. The standard InChI is InChI=1S/C17H22N4O2/c1-20-8-3-4-15(20)17(22)19-14-7-9-21(12-14)11-13-5-6-16(23-2)18-10-13/h3-6,8,10,14H,7,9,11-12H2,1-2H3,(H,19,22)/t14-/m0/s1. The number of rotatable bonds is 5. The highest BCUT2D eigenvalue weighted by atomic mass is 16.5. The van der Waals surface area contributed by atoms with E-state index >= 15 is 0 Å². The lowest BCUT2D eigenvalue weighted by Gasteiger charge is -2.17. The molecule has 6 heteroatoms. The summed E-state index contributed by atoms with van der Waals surface area (Å²) in [5, 5.41) is 3.12. The Morgan fingerprint density at radius 2 is 2.30 bits per heavy atom. The molecule has 3 heterocycles. The minimum Gasteiger partial charge on any atom is -0.481 e. The second-order valence-electron chi connectivity index (χ2n) is 5.91. The lowest BCUT2D eigenvalue weighted by atomic mass is 10.2. The number of hydrogen-bond donors (Lipinski definition) is 1. The molecule has 2 aromatic heterocycles. The molecule has 0 aliphatic carbocycles. The van der Waals surface area contributed by atoms with Crippen molar-refractivity contribution in [1.82, 2.24) is 19.8 Å². The Kier molecular flexibility index (Phi) is 4.62. The van der Waals surface area contributed by atoms with Gasteiger partial charge in [0.1, 0.15) is 5.69 Å². The maximum atomic E-state index is 12.2. The maximum Gasteiger partial charge on any atom is 0.268 e. The third-order valence-corrected chi connectivity index (χ3v) is 4.20. The molecule has 1 aliphatic rings. The molecular formula is C17H22N4O2. The van der Waals surface area contributed by atoms with Crippen molar-refractivity contribution in [2.24, 2.45) is 7.05 Å². The maximum absolute atomic E-state index is 12.2.